The SMILES string of the molecule is CC(C)C.Cc1nc2cc(Cl)c(/C=N/S)cc2c(=O)[nH]1. The molecule has 0 radical (unpaired) electrons. The number of benzene rings is 1. The van der Waals surface area contributed by atoms with E-state index in [9.17, 15) is 4.79 Å². The zero-order chi connectivity index (χ0) is 15.3. The Morgan fingerprint density at radius 2 is 2.00 bits per heavy atom. The molecular weight excluding hydrogens is 294 g/mol. The van der Waals surface area contributed by atoms with Crippen molar-refractivity contribution in [2.45, 2.75) is 27.7 Å². The summed E-state index contributed by atoms with van der Waals surface area (Å²) in [6.07, 6.45) is 1.48. The minimum Gasteiger partial charge on any atom is -0.310 e. The van der Waals surface area contributed by atoms with E-state index in [1.807, 2.05) is 0 Å². The van der Waals surface area contributed by atoms with Crippen molar-refractivity contribution in [3.8, 4) is 0 Å². The van der Waals surface area contributed by atoms with E-state index in [2.05, 4.69) is 48.0 Å². The average molecular weight is 312 g/mol. The van der Waals surface area contributed by atoms with Gasteiger partial charge in [0.1, 0.15) is 5.82 Å². The van der Waals surface area contributed by atoms with Crippen molar-refractivity contribution in [3.05, 3.63) is 38.9 Å². The molecule has 2 rings (SSSR count). The van der Waals surface area contributed by atoms with E-state index in [0.717, 1.165) is 5.92 Å². The average Bonchev–Trinajstić information content (AvgIpc) is 2.30. The Balaban J connectivity index is 0.000000444. The fourth-order valence-corrected chi connectivity index (χ4v) is 1.79. The van der Waals surface area contributed by atoms with Crippen molar-refractivity contribution in [2.75, 3.05) is 0 Å². The van der Waals surface area contributed by atoms with Crippen LogP contribution in [0.3, 0.4) is 0 Å². The molecule has 1 aromatic heterocycles. The molecule has 0 fully saturated rings. The third-order valence-electron chi connectivity index (χ3n) is 2.14. The normalized spacial score (nSPS) is 10.9. The maximum Gasteiger partial charge on any atom is 0.258 e. The highest BCUT2D eigenvalue weighted by Crippen LogP contribution is 2.19. The summed E-state index contributed by atoms with van der Waals surface area (Å²) in [6, 6.07) is 3.28. The Kier molecular flexibility index (Phi) is 6.23. The molecule has 20 heavy (non-hydrogen) atoms. The topological polar surface area (TPSA) is 58.1 Å². The number of H-pyrrole nitrogens is 1. The predicted molar refractivity (Wildman–Crippen MR) is 89.2 cm³/mol. The summed E-state index contributed by atoms with van der Waals surface area (Å²) in [5, 5.41) is 0.973. The van der Waals surface area contributed by atoms with Gasteiger partial charge in [-0.2, -0.15) is 0 Å². The minimum atomic E-state index is -0.187. The summed E-state index contributed by atoms with van der Waals surface area (Å²) in [6.45, 7) is 8.22. The van der Waals surface area contributed by atoms with Gasteiger partial charge in [0.05, 0.1) is 15.9 Å². The Labute approximate surface area is 128 Å². The lowest BCUT2D eigenvalue weighted by atomic mass is 10.1. The van der Waals surface area contributed by atoms with Crippen LogP contribution in [0.5, 0.6) is 0 Å². The maximum absolute atomic E-state index is 11.7. The second kappa shape index (κ2) is 7.45. The fourth-order valence-electron chi connectivity index (χ4n) is 1.46. The Bertz CT molecular complexity index is 677. The molecule has 1 heterocycles. The van der Waals surface area contributed by atoms with Crippen LogP contribution in [-0.4, -0.2) is 16.2 Å². The van der Waals surface area contributed by atoms with Crippen molar-refractivity contribution in [1.29, 1.82) is 0 Å². The lowest BCUT2D eigenvalue weighted by Gasteiger charge is -2.02. The molecule has 1 N–H and O–H groups in total. The first kappa shape index (κ1) is 16.7. The molecule has 108 valence electrons. The summed E-state index contributed by atoms with van der Waals surface area (Å²) in [5.74, 6) is 1.39. The van der Waals surface area contributed by atoms with Crippen molar-refractivity contribution < 1.29 is 0 Å². The first-order valence-electron chi connectivity index (χ1n) is 6.22. The van der Waals surface area contributed by atoms with Gasteiger partial charge >= 0.3 is 0 Å². The summed E-state index contributed by atoms with van der Waals surface area (Å²) < 4.78 is 3.57. The van der Waals surface area contributed by atoms with Crippen molar-refractivity contribution in [1.82, 2.24) is 9.97 Å². The zero-order valence-corrected chi connectivity index (χ0v) is 13.6. The number of aryl methyl sites for hydroxylation is 1. The van der Waals surface area contributed by atoms with E-state index in [0.29, 0.717) is 27.3 Å². The molecule has 0 atom stereocenters. The molecule has 0 saturated carbocycles. The summed E-state index contributed by atoms with van der Waals surface area (Å²) in [4.78, 5) is 18.5. The van der Waals surface area contributed by atoms with Crippen molar-refractivity contribution in [2.24, 2.45) is 10.3 Å². The van der Waals surface area contributed by atoms with Gasteiger partial charge < -0.3 is 4.98 Å². The molecule has 0 unspecified atom stereocenters. The van der Waals surface area contributed by atoms with Gasteiger partial charge in [0.2, 0.25) is 0 Å². The van der Waals surface area contributed by atoms with Crippen LogP contribution in [0.1, 0.15) is 32.2 Å². The molecule has 4 nitrogen and oxygen atoms in total. The fraction of sp³-hybridized carbons (Fsp3) is 0.357. The van der Waals surface area contributed by atoms with Gasteiger partial charge in [0.25, 0.3) is 5.56 Å². The number of fused-ring (bicyclic) bond motifs is 1. The van der Waals surface area contributed by atoms with Gasteiger partial charge in [0, 0.05) is 11.8 Å². The first-order valence-corrected chi connectivity index (χ1v) is 7.00. The van der Waals surface area contributed by atoms with Gasteiger partial charge in [-0.25, -0.2) is 9.38 Å². The van der Waals surface area contributed by atoms with Crippen LogP contribution < -0.4 is 5.56 Å². The van der Waals surface area contributed by atoms with E-state index >= 15 is 0 Å². The highest BCUT2D eigenvalue weighted by molar-refractivity contribution is 7.79. The highest BCUT2D eigenvalue weighted by atomic mass is 35.5. The minimum absolute atomic E-state index is 0.187. The van der Waals surface area contributed by atoms with Gasteiger partial charge in [-0.05, 0) is 37.8 Å². The second-order valence-corrected chi connectivity index (χ2v) is 5.66. The van der Waals surface area contributed by atoms with Crippen LogP contribution in [0.4, 0.5) is 0 Å². The van der Waals surface area contributed by atoms with Crippen LogP contribution in [0.2, 0.25) is 5.02 Å². The van der Waals surface area contributed by atoms with E-state index in [1.165, 1.54) is 6.21 Å². The third-order valence-corrected chi connectivity index (χ3v) is 2.58. The Morgan fingerprint density at radius 1 is 1.40 bits per heavy atom. The van der Waals surface area contributed by atoms with E-state index in [4.69, 9.17) is 11.6 Å². The molecule has 0 aliphatic rings. The molecule has 6 heteroatoms. The number of nitrogens with zero attached hydrogens (tertiary/aromatic N) is 2. The molecule has 1 aromatic carbocycles. The predicted octanol–water partition coefficient (Wildman–Crippen LogP) is 3.81. The van der Waals surface area contributed by atoms with E-state index in [-0.39, 0.29) is 5.56 Å². The third kappa shape index (κ3) is 4.65. The van der Waals surface area contributed by atoms with Crippen molar-refractivity contribution in [3.63, 3.8) is 0 Å². The van der Waals surface area contributed by atoms with Crippen molar-refractivity contribution >= 4 is 41.5 Å². The quantitative estimate of drug-likeness (QED) is 0.621. The van der Waals surface area contributed by atoms with Crippen LogP contribution in [0.25, 0.3) is 10.9 Å². The number of halogens is 1. The lowest BCUT2D eigenvalue weighted by Crippen LogP contribution is -2.10. The lowest BCUT2D eigenvalue weighted by molar-refractivity contribution is 0.737. The monoisotopic (exact) mass is 311 g/mol. The zero-order valence-electron chi connectivity index (χ0n) is 11.9. The molecule has 0 aliphatic carbocycles. The van der Waals surface area contributed by atoms with E-state index < -0.39 is 0 Å². The van der Waals surface area contributed by atoms with Gasteiger partial charge in [-0.15, -0.1) is 0 Å². The van der Waals surface area contributed by atoms with Gasteiger partial charge in [-0.3, -0.25) is 4.79 Å². The van der Waals surface area contributed by atoms with Crippen LogP contribution >= 0.6 is 24.4 Å². The number of hydrogen-bond acceptors (Lipinski definition) is 4. The summed E-state index contributed by atoms with van der Waals surface area (Å²) in [5.41, 5.74) is 1.02. The number of rotatable bonds is 1. The molecule has 0 aliphatic heterocycles. The summed E-state index contributed by atoms with van der Waals surface area (Å²) in [7, 11) is 0. The van der Waals surface area contributed by atoms with Gasteiger partial charge in [-0.1, -0.05) is 32.4 Å². The Morgan fingerprint density at radius 3 is 2.55 bits per heavy atom. The molecule has 0 spiro atoms. The van der Waals surface area contributed by atoms with Gasteiger partial charge in [0.15, 0.2) is 0 Å². The van der Waals surface area contributed by atoms with Crippen LogP contribution in [0.15, 0.2) is 21.3 Å². The number of hydrogen-bond donors (Lipinski definition) is 2. The summed E-state index contributed by atoms with van der Waals surface area (Å²) >= 11 is 9.73. The first-order chi connectivity index (χ1) is 9.35. The standard InChI is InChI=1S/C10H8ClN3OS.C4H10/c1-5-13-9-3-8(11)6(4-12-16)2-7(9)10(15)14-5;1-4(2)3/h2-4,16H,1H3,(H,13,14,15);4H,1-3H3/b12-4+;. The second-order valence-electron chi connectivity index (χ2n) is 5.02. The largest absolute Gasteiger partial charge is 0.310 e. The Hall–Kier alpha value is -1.33. The number of aromatic nitrogens is 2. The molecular formula is C14H18ClN3OS. The molecule has 0 bridgehead atoms. The van der Waals surface area contributed by atoms with Crippen LogP contribution in [0, 0.1) is 12.8 Å². The number of thiol groups is 1. The molecule has 0 amide bonds. The highest BCUT2D eigenvalue weighted by Gasteiger charge is 2.06. The molecule has 0 saturated heterocycles. The smallest absolute Gasteiger partial charge is 0.258 e. The van der Waals surface area contributed by atoms with Crippen LogP contribution in [-0.2, 0) is 0 Å². The maximum atomic E-state index is 11.7. The van der Waals surface area contributed by atoms with E-state index in [1.54, 1.807) is 19.1 Å². The number of nitrogens with one attached hydrogen (secondary N) is 1. The number of aromatic amines is 1. The molecule has 2 aromatic rings.